The molecule has 1 atom stereocenters. The van der Waals surface area contributed by atoms with Gasteiger partial charge in [-0.3, -0.25) is 4.79 Å². The Kier molecular flexibility index (Phi) is 3.71. The molecule has 0 spiro atoms. The van der Waals surface area contributed by atoms with Crippen LogP contribution in [-0.2, 0) is 0 Å². The first-order valence-electron chi connectivity index (χ1n) is 5.38. The smallest absolute Gasteiger partial charge is 0.170 e. The molecule has 4 heteroatoms. The van der Waals surface area contributed by atoms with E-state index in [1.807, 2.05) is 0 Å². The van der Waals surface area contributed by atoms with Crippen molar-refractivity contribution in [3.05, 3.63) is 34.1 Å². The van der Waals surface area contributed by atoms with E-state index >= 15 is 0 Å². The second kappa shape index (κ2) is 5.06. The zero-order valence-corrected chi connectivity index (χ0v) is 10.4. The molecule has 1 unspecified atom stereocenters. The topological polar surface area (TPSA) is 29.1 Å². The molecule has 86 valence electrons. The van der Waals surface area contributed by atoms with Crippen LogP contribution in [0.4, 0.5) is 4.39 Å². The Bertz CT molecular complexity index is 402. The van der Waals surface area contributed by atoms with Crippen LogP contribution in [0, 0.1) is 11.7 Å². The highest BCUT2D eigenvalue weighted by atomic mass is 79.9. The Morgan fingerprint density at radius 2 is 2.31 bits per heavy atom. The SMILES string of the molecule is O=C(c1cc(Br)ccc1F)C1CCCNC1. The number of carbonyl (C=O) groups is 1. The fourth-order valence-corrected chi connectivity index (χ4v) is 2.34. The van der Waals surface area contributed by atoms with Gasteiger partial charge in [0.05, 0.1) is 5.56 Å². The molecule has 1 aliphatic heterocycles. The quantitative estimate of drug-likeness (QED) is 0.847. The molecule has 1 heterocycles. The summed E-state index contributed by atoms with van der Waals surface area (Å²) >= 11 is 3.25. The molecule has 0 aromatic heterocycles. The van der Waals surface area contributed by atoms with Gasteiger partial charge in [-0.1, -0.05) is 15.9 Å². The molecule has 0 amide bonds. The summed E-state index contributed by atoms with van der Waals surface area (Å²) in [6, 6.07) is 4.49. The molecule has 2 rings (SSSR count). The molecular weight excluding hydrogens is 273 g/mol. The highest BCUT2D eigenvalue weighted by molar-refractivity contribution is 9.10. The van der Waals surface area contributed by atoms with Gasteiger partial charge in [-0.15, -0.1) is 0 Å². The molecule has 0 radical (unpaired) electrons. The Morgan fingerprint density at radius 3 is 3.00 bits per heavy atom. The van der Waals surface area contributed by atoms with Gasteiger partial charge in [0, 0.05) is 16.9 Å². The first-order chi connectivity index (χ1) is 7.68. The Balaban J connectivity index is 2.22. The minimum atomic E-state index is -0.432. The Labute approximate surface area is 102 Å². The number of hydrogen-bond acceptors (Lipinski definition) is 2. The highest BCUT2D eigenvalue weighted by Gasteiger charge is 2.24. The first kappa shape index (κ1) is 11.7. The molecule has 0 bridgehead atoms. The first-order valence-corrected chi connectivity index (χ1v) is 6.18. The number of benzene rings is 1. The summed E-state index contributed by atoms with van der Waals surface area (Å²) in [5.74, 6) is -0.609. The number of carbonyl (C=O) groups excluding carboxylic acids is 1. The number of rotatable bonds is 2. The molecule has 1 aliphatic rings. The van der Waals surface area contributed by atoms with Gasteiger partial charge in [0.2, 0.25) is 0 Å². The third kappa shape index (κ3) is 2.50. The van der Waals surface area contributed by atoms with E-state index in [2.05, 4.69) is 21.2 Å². The number of ketones is 1. The van der Waals surface area contributed by atoms with Crippen molar-refractivity contribution in [1.29, 1.82) is 0 Å². The lowest BCUT2D eigenvalue weighted by atomic mass is 9.91. The lowest BCUT2D eigenvalue weighted by Gasteiger charge is -2.21. The summed E-state index contributed by atoms with van der Waals surface area (Å²) in [7, 11) is 0. The average Bonchev–Trinajstić information content (AvgIpc) is 2.32. The normalized spacial score (nSPS) is 20.8. The molecular formula is C12H13BrFNO. The molecule has 0 aliphatic carbocycles. The fraction of sp³-hybridized carbons (Fsp3) is 0.417. The standard InChI is InChI=1S/C12H13BrFNO/c13-9-3-4-11(14)10(6-9)12(16)8-2-1-5-15-7-8/h3-4,6,8,15H,1-2,5,7H2. The predicted octanol–water partition coefficient (Wildman–Crippen LogP) is 2.77. The minimum absolute atomic E-state index is 0.0856. The van der Waals surface area contributed by atoms with Gasteiger partial charge in [-0.25, -0.2) is 4.39 Å². The molecule has 1 aromatic carbocycles. The van der Waals surface area contributed by atoms with Crippen LogP contribution in [0.15, 0.2) is 22.7 Å². The van der Waals surface area contributed by atoms with Crippen molar-refractivity contribution in [2.24, 2.45) is 5.92 Å². The molecule has 1 saturated heterocycles. The summed E-state index contributed by atoms with van der Waals surface area (Å²) in [6.45, 7) is 1.61. The van der Waals surface area contributed by atoms with Crippen molar-refractivity contribution < 1.29 is 9.18 Å². The third-order valence-corrected chi connectivity index (χ3v) is 3.35. The summed E-state index contributed by atoms with van der Waals surface area (Å²) in [5, 5.41) is 3.16. The summed E-state index contributed by atoms with van der Waals surface area (Å²) < 4.78 is 14.2. The number of Topliss-reactive ketones (excluding diaryl/α,β-unsaturated/α-hetero) is 1. The van der Waals surface area contributed by atoms with Gasteiger partial charge in [0.25, 0.3) is 0 Å². The van der Waals surface area contributed by atoms with E-state index in [9.17, 15) is 9.18 Å². The number of piperidine rings is 1. The van der Waals surface area contributed by atoms with Gasteiger partial charge in [-0.05, 0) is 37.6 Å². The summed E-state index contributed by atoms with van der Waals surface area (Å²) in [4.78, 5) is 12.1. The minimum Gasteiger partial charge on any atom is -0.316 e. The van der Waals surface area contributed by atoms with Crippen LogP contribution in [0.25, 0.3) is 0 Å². The van der Waals surface area contributed by atoms with E-state index in [1.165, 1.54) is 6.07 Å². The maximum atomic E-state index is 13.5. The maximum Gasteiger partial charge on any atom is 0.170 e. The van der Waals surface area contributed by atoms with E-state index in [4.69, 9.17) is 0 Å². The Hall–Kier alpha value is -0.740. The average molecular weight is 286 g/mol. The van der Waals surface area contributed by atoms with Crippen molar-refractivity contribution in [2.75, 3.05) is 13.1 Å². The zero-order valence-electron chi connectivity index (χ0n) is 8.80. The van der Waals surface area contributed by atoms with Gasteiger partial charge in [-0.2, -0.15) is 0 Å². The predicted molar refractivity (Wildman–Crippen MR) is 64.0 cm³/mol. The maximum absolute atomic E-state index is 13.5. The summed E-state index contributed by atoms with van der Waals surface area (Å²) in [5.41, 5.74) is 0.197. The molecule has 0 saturated carbocycles. The van der Waals surface area contributed by atoms with Gasteiger partial charge >= 0.3 is 0 Å². The molecule has 16 heavy (non-hydrogen) atoms. The van der Waals surface area contributed by atoms with Crippen LogP contribution in [-0.4, -0.2) is 18.9 Å². The van der Waals surface area contributed by atoms with Crippen molar-refractivity contribution in [3.8, 4) is 0 Å². The second-order valence-corrected chi connectivity index (χ2v) is 4.95. The highest BCUT2D eigenvalue weighted by Crippen LogP contribution is 2.21. The van der Waals surface area contributed by atoms with Gasteiger partial charge in [0.1, 0.15) is 5.82 Å². The number of nitrogens with one attached hydrogen (secondary N) is 1. The largest absolute Gasteiger partial charge is 0.316 e. The van der Waals surface area contributed by atoms with Crippen molar-refractivity contribution in [1.82, 2.24) is 5.32 Å². The molecule has 1 fully saturated rings. The van der Waals surface area contributed by atoms with E-state index in [-0.39, 0.29) is 17.3 Å². The molecule has 2 nitrogen and oxygen atoms in total. The van der Waals surface area contributed by atoms with Crippen molar-refractivity contribution >= 4 is 21.7 Å². The second-order valence-electron chi connectivity index (χ2n) is 4.03. The Morgan fingerprint density at radius 1 is 1.50 bits per heavy atom. The zero-order chi connectivity index (χ0) is 11.5. The number of halogens is 2. The van der Waals surface area contributed by atoms with E-state index in [0.717, 1.165) is 23.9 Å². The molecule has 1 aromatic rings. The van der Waals surface area contributed by atoms with Crippen LogP contribution in [0.5, 0.6) is 0 Å². The summed E-state index contributed by atoms with van der Waals surface area (Å²) in [6.07, 6.45) is 1.82. The lowest BCUT2D eigenvalue weighted by Crippen LogP contribution is -2.34. The lowest BCUT2D eigenvalue weighted by molar-refractivity contribution is 0.0895. The van der Waals surface area contributed by atoms with E-state index in [1.54, 1.807) is 12.1 Å². The van der Waals surface area contributed by atoms with E-state index in [0.29, 0.717) is 6.54 Å². The molecule has 1 N–H and O–H groups in total. The van der Waals surface area contributed by atoms with Crippen LogP contribution in [0.1, 0.15) is 23.2 Å². The van der Waals surface area contributed by atoms with E-state index < -0.39 is 5.82 Å². The number of hydrogen-bond donors (Lipinski definition) is 1. The fourth-order valence-electron chi connectivity index (χ4n) is 1.98. The van der Waals surface area contributed by atoms with Crippen LogP contribution in [0.3, 0.4) is 0 Å². The van der Waals surface area contributed by atoms with Gasteiger partial charge < -0.3 is 5.32 Å². The van der Waals surface area contributed by atoms with Crippen LogP contribution < -0.4 is 5.32 Å². The monoisotopic (exact) mass is 285 g/mol. The van der Waals surface area contributed by atoms with Crippen molar-refractivity contribution in [3.63, 3.8) is 0 Å². The van der Waals surface area contributed by atoms with Gasteiger partial charge in [0.15, 0.2) is 5.78 Å². The van der Waals surface area contributed by atoms with Crippen LogP contribution >= 0.6 is 15.9 Å². The third-order valence-electron chi connectivity index (χ3n) is 2.86. The van der Waals surface area contributed by atoms with Crippen molar-refractivity contribution in [2.45, 2.75) is 12.8 Å². The van der Waals surface area contributed by atoms with Crippen LogP contribution in [0.2, 0.25) is 0 Å².